The topological polar surface area (TPSA) is 72.3 Å². The molecule has 4 heteroatoms. The fraction of sp³-hybridized carbons (Fsp3) is 0.923. The first-order valence-corrected chi connectivity index (χ1v) is 6.78. The molecule has 0 aromatic heterocycles. The number of nitrogens with two attached hydrogens (primary N) is 2. The van der Waals surface area contributed by atoms with E-state index >= 15 is 0 Å². The molecule has 4 nitrogen and oxygen atoms in total. The summed E-state index contributed by atoms with van der Waals surface area (Å²) in [5, 5.41) is 0. The zero-order valence-electron chi connectivity index (χ0n) is 11.0. The van der Waals surface area contributed by atoms with Crippen molar-refractivity contribution in [2.24, 2.45) is 17.4 Å². The van der Waals surface area contributed by atoms with Crippen molar-refractivity contribution in [2.75, 3.05) is 6.54 Å². The fourth-order valence-electron chi connectivity index (χ4n) is 3.54. The number of carbonyl (C=O) groups is 1. The average molecular weight is 239 g/mol. The van der Waals surface area contributed by atoms with Gasteiger partial charge in [-0.1, -0.05) is 13.8 Å². The highest BCUT2D eigenvalue weighted by Crippen LogP contribution is 2.36. The minimum atomic E-state index is -0.755. The Morgan fingerprint density at radius 2 is 2.12 bits per heavy atom. The van der Waals surface area contributed by atoms with Crippen LogP contribution in [0.1, 0.15) is 46.0 Å². The monoisotopic (exact) mass is 239 g/mol. The average Bonchev–Trinajstić information content (AvgIpc) is 2.83. The summed E-state index contributed by atoms with van der Waals surface area (Å²) in [6.07, 6.45) is 5.05. The number of primary amides is 1. The molecule has 0 aromatic carbocycles. The molecule has 2 rings (SSSR count). The molecular weight excluding hydrogens is 214 g/mol. The van der Waals surface area contributed by atoms with Gasteiger partial charge in [0.05, 0.1) is 5.54 Å². The molecule has 0 aromatic rings. The van der Waals surface area contributed by atoms with Gasteiger partial charge in [-0.2, -0.15) is 0 Å². The van der Waals surface area contributed by atoms with Crippen LogP contribution in [0.15, 0.2) is 0 Å². The summed E-state index contributed by atoms with van der Waals surface area (Å²) in [6, 6.07) is 1.12. The first-order chi connectivity index (χ1) is 7.94. The third kappa shape index (κ3) is 2.33. The molecule has 4 N–H and O–H groups in total. The normalized spacial score (nSPS) is 39.1. The molecule has 0 spiro atoms. The second-order valence-corrected chi connectivity index (χ2v) is 6.11. The molecule has 1 amide bonds. The number of hydrogen-bond acceptors (Lipinski definition) is 3. The first kappa shape index (κ1) is 12.8. The van der Waals surface area contributed by atoms with Crippen LogP contribution in [0.2, 0.25) is 0 Å². The van der Waals surface area contributed by atoms with Crippen LogP contribution in [0.3, 0.4) is 0 Å². The molecule has 0 bridgehead atoms. The highest BCUT2D eigenvalue weighted by atomic mass is 16.1. The molecule has 2 aliphatic rings. The predicted octanol–water partition coefficient (Wildman–Crippen LogP) is 0.842. The Morgan fingerprint density at radius 3 is 2.65 bits per heavy atom. The number of rotatable bonds is 3. The first-order valence-electron chi connectivity index (χ1n) is 6.78. The van der Waals surface area contributed by atoms with Gasteiger partial charge in [-0.05, 0) is 44.6 Å². The lowest BCUT2D eigenvalue weighted by atomic mass is 9.97. The van der Waals surface area contributed by atoms with Crippen LogP contribution < -0.4 is 11.5 Å². The summed E-state index contributed by atoms with van der Waals surface area (Å²) in [5.74, 6) is 0.346. The van der Waals surface area contributed by atoms with Crippen molar-refractivity contribution in [3.05, 3.63) is 0 Å². The Bertz CT molecular complexity index is 305. The molecule has 1 aliphatic carbocycles. The van der Waals surface area contributed by atoms with E-state index in [-0.39, 0.29) is 5.91 Å². The molecule has 98 valence electrons. The number of likely N-dealkylation sites (tertiary alicyclic amines) is 1. The Labute approximate surface area is 104 Å². The van der Waals surface area contributed by atoms with Gasteiger partial charge in [-0.25, -0.2) is 0 Å². The van der Waals surface area contributed by atoms with Gasteiger partial charge >= 0.3 is 0 Å². The smallest absolute Gasteiger partial charge is 0.237 e. The van der Waals surface area contributed by atoms with E-state index < -0.39 is 5.54 Å². The van der Waals surface area contributed by atoms with Crippen LogP contribution in [0.25, 0.3) is 0 Å². The van der Waals surface area contributed by atoms with Crippen molar-refractivity contribution in [1.29, 1.82) is 0 Å². The largest absolute Gasteiger partial charge is 0.368 e. The molecule has 3 atom stereocenters. The van der Waals surface area contributed by atoms with Crippen LogP contribution >= 0.6 is 0 Å². The van der Waals surface area contributed by atoms with Crippen molar-refractivity contribution in [1.82, 2.24) is 4.90 Å². The Hall–Kier alpha value is -0.610. The fourth-order valence-corrected chi connectivity index (χ4v) is 3.54. The number of nitrogens with zero attached hydrogens (tertiary/aromatic N) is 1. The minimum absolute atomic E-state index is 0.333. The lowest BCUT2D eigenvalue weighted by molar-refractivity contribution is -0.123. The molecule has 1 aliphatic heterocycles. The maximum atomic E-state index is 11.4. The van der Waals surface area contributed by atoms with E-state index in [1.807, 2.05) is 0 Å². The van der Waals surface area contributed by atoms with Crippen LogP contribution in [-0.4, -0.2) is 35.0 Å². The second kappa shape index (κ2) is 4.58. The van der Waals surface area contributed by atoms with E-state index in [0.717, 1.165) is 25.8 Å². The van der Waals surface area contributed by atoms with Gasteiger partial charge in [0.15, 0.2) is 0 Å². The van der Waals surface area contributed by atoms with Gasteiger partial charge in [-0.3, -0.25) is 9.69 Å². The maximum absolute atomic E-state index is 11.4. The van der Waals surface area contributed by atoms with Crippen LogP contribution in [0.5, 0.6) is 0 Å². The van der Waals surface area contributed by atoms with E-state index in [0.29, 0.717) is 18.0 Å². The zero-order valence-corrected chi connectivity index (χ0v) is 11.0. The molecule has 0 radical (unpaired) electrons. The Balaban J connectivity index is 2.03. The molecule has 1 heterocycles. The number of carbonyl (C=O) groups excluding carboxylic acids is 1. The highest BCUT2D eigenvalue weighted by molar-refractivity contribution is 5.84. The lowest BCUT2D eigenvalue weighted by Crippen LogP contribution is -2.51. The Kier molecular flexibility index (Phi) is 3.46. The van der Waals surface area contributed by atoms with Crippen LogP contribution in [0, 0.1) is 5.92 Å². The quantitative estimate of drug-likeness (QED) is 0.766. The van der Waals surface area contributed by atoms with E-state index in [4.69, 9.17) is 11.5 Å². The van der Waals surface area contributed by atoms with E-state index in [2.05, 4.69) is 18.7 Å². The summed E-state index contributed by atoms with van der Waals surface area (Å²) in [7, 11) is 0. The van der Waals surface area contributed by atoms with Gasteiger partial charge < -0.3 is 11.5 Å². The molecule has 3 unspecified atom stereocenters. The van der Waals surface area contributed by atoms with Crippen LogP contribution in [0.4, 0.5) is 0 Å². The zero-order chi connectivity index (χ0) is 12.6. The lowest BCUT2D eigenvalue weighted by Gasteiger charge is -2.33. The maximum Gasteiger partial charge on any atom is 0.237 e. The highest BCUT2D eigenvalue weighted by Gasteiger charge is 2.45. The summed E-state index contributed by atoms with van der Waals surface area (Å²) >= 11 is 0. The summed E-state index contributed by atoms with van der Waals surface area (Å²) in [5.41, 5.74) is 10.7. The van der Waals surface area contributed by atoms with Gasteiger partial charge in [0.25, 0.3) is 0 Å². The SMILES string of the molecule is CC(C)C1CCCN1C1CCC(N)(C(N)=O)C1. The van der Waals surface area contributed by atoms with Crippen molar-refractivity contribution in [3.63, 3.8) is 0 Å². The summed E-state index contributed by atoms with van der Waals surface area (Å²) in [6.45, 7) is 5.71. The van der Waals surface area contributed by atoms with Gasteiger partial charge in [0.1, 0.15) is 0 Å². The van der Waals surface area contributed by atoms with Crippen LogP contribution in [-0.2, 0) is 4.79 Å². The standard InChI is InChI=1S/C13H25N3O/c1-9(2)11-4-3-7-16(11)10-5-6-13(15,8-10)12(14)17/h9-11H,3-8,15H2,1-2H3,(H2,14,17). The van der Waals surface area contributed by atoms with Crippen molar-refractivity contribution >= 4 is 5.91 Å². The molecular formula is C13H25N3O. The third-order valence-electron chi connectivity index (χ3n) is 4.60. The number of amides is 1. The Morgan fingerprint density at radius 1 is 1.41 bits per heavy atom. The second-order valence-electron chi connectivity index (χ2n) is 6.11. The van der Waals surface area contributed by atoms with E-state index in [1.165, 1.54) is 12.8 Å². The molecule has 1 saturated heterocycles. The molecule has 2 fully saturated rings. The van der Waals surface area contributed by atoms with Crippen molar-refractivity contribution in [3.8, 4) is 0 Å². The van der Waals surface area contributed by atoms with Gasteiger partial charge in [0, 0.05) is 12.1 Å². The third-order valence-corrected chi connectivity index (χ3v) is 4.60. The van der Waals surface area contributed by atoms with Gasteiger partial charge in [-0.15, -0.1) is 0 Å². The van der Waals surface area contributed by atoms with Crippen molar-refractivity contribution in [2.45, 2.75) is 63.6 Å². The van der Waals surface area contributed by atoms with Gasteiger partial charge in [0.2, 0.25) is 5.91 Å². The number of hydrogen-bond donors (Lipinski definition) is 2. The summed E-state index contributed by atoms with van der Waals surface area (Å²) < 4.78 is 0. The van der Waals surface area contributed by atoms with E-state index in [9.17, 15) is 4.79 Å². The molecule has 1 saturated carbocycles. The minimum Gasteiger partial charge on any atom is -0.368 e. The predicted molar refractivity (Wildman–Crippen MR) is 68.3 cm³/mol. The van der Waals surface area contributed by atoms with Crippen molar-refractivity contribution < 1.29 is 4.79 Å². The summed E-state index contributed by atoms with van der Waals surface area (Å²) in [4.78, 5) is 13.9. The molecule has 17 heavy (non-hydrogen) atoms. The van der Waals surface area contributed by atoms with E-state index in [1.54, 1.807) is 0 Å².